The molecule has 0 spiro atoms. The molecule has 2 heterocycles. The van der Waals surface area contributed by atoms with Crippen LogP contribution in [-0.2, 0) is 23.6 Å². The Morgan fingerprint density at radius 1 is 1.53 bits per heavy atom. The number of aromatic amines is 1. The summed E-state index contributed by atoms with van der Waals surface area (Å²) in [5.74, 6) is 0.645. The fraction of sp³-hybridized carbons (Fsp3) is 0.333. The van der Waals surface area contributed by atoms with E-state index in [1.54, 1.807) is 24.7 Å². The minimum Gasteiger partial charge on any atom is -0.347 e. The zero-order chi connectivity index (χ0) is 12.5. The monoisotopic (exact) mass is 255 g/mol. The third kappa shape index (κ3) is 2.53. The first kappa shape index (κ1) is 11.8. The Morgan fingerprint density at radius 3 is 2.82 bits per heavy atom. The van der Waals surface area contributed by atoms with Gasteiger partial charge in [0.05, 0.1) is 12.9 Å². The Balaban J connectivity index is 2.14. The van der Waals surface area contributed by atoms with Crippen LogP contribution in [0.1, 0.15) is 11.5 Å². The van der Waals surface area contributed by atoms with E-state index in [9.17, 15) is 8.42 Å². The van der Waals surface area contributed by atoms with Gasteiger partial charge in [-0.1, -0.05) is 0 Å². The average Bonchev–Trinajstić information content (AvgIpc) is 2.87. The number of aromatic nitrogens is 4. The van der Waals surface area contributed by atoms with Gasteiger partial charge in [0.1, 0.15) is 5.82 Å². The van der Waals surface area contributed by atoms with Crippen molar-refractivity contribution in [3.05, 3.63) is 30.2 Å². The van der Waals surface area contributed by atoms with Crippen molar-refractivity contribution in [2.75, 3.05) is 0 Å². The summed E-state index contributed by atoms with van der Waals surface area (Å²) >= 11 is 0. The lowest BCUT2D eigenvalue weighted by molar-refractivity contribution is 0.577. The van der Waals surface area contributed by atoms with E-state index in [-0.39, 0.29) is 11.6 Å². The van der Waals surface area contributed by atoms with Gasteiger partial charge in [0.25, 0.3) is 10.0 Å². The molecule has 2 N–H and O–H groups in total. The molecule has 2 rings (SSSR count). The third-order valence-corrected chi connectivity index (χ3v) is 3.64. The summed E-state index contributed by atoms with van der Waals surface area (Å²) in [6.45, 7) is 1.91. The molecule has 0 saturated carbocycles. The van der Waals surface area contributed by atoms with Gasteiger partial charge in [-0.2, -0.15) is 0 Å². The Bertz CT molecular complexity index is 580. The second-order valence-electron chi connectivity index (χ2n) is 3.64. The van der Waals surface area contributed by atoms with Crippen LogP contribution in [0.15, 0.2) is 23.7 Å². The van der Waals surface area contributed by atoms with Crippen LogP contribution >= 0.6 is 0 Å². The fourth-order valence-electron chi connectivity index (χ4n) is 1.28. The minimum absolute atomic E-state index is 0.0250. The minimum atomic E-state index is -3.57. The summed E-state index contributed by atoms with van der Waals surface area (Å²) in [5, 5.41) is 0.0250. The van der Waals surface area contributed by atoms with Crippen LogP contribution < -0.4 is 4.72 Å². The number of rotatable bonds is 4. The topological polar surface area (TPSA) is 92.7 Å². The maximum Gasteiger partial charge on any atom is 0.259 e. The lowest BCUT2D eigenvalue weighted by Gasteiger charge is -2.01. The quantitative estimate of drug-likeness (QED) is 0.799. The van der Waals surface area contributed by atoms with Gasteiger partial charge in [0.2, 0.25) is 0 Å². The number of hydrogen-bond acceptors (Lipinski definition) is 4. The molecule has 0 aromatic carbocycles. The van der Waals surface area contributed by atoms with E-state index >= 15 is 0 Å². The molecule has 17 heavy (non-hydrogen) atoms. The Kier molecular flexibility index (Phi) is 2.99. The molecule has 0 amide bonds. The van der Waals surface area contributed by atoms with Gasteiger partial charge in [-0.25, -0.2) is 23.1 Å². The van der Waals surface area contributed by atoms with E-state index in [0.717, 1.165) is 0 Å². The number of nitrogens with one attached hydrogen (secondary N) is 2. The highest BCUT2D eigenvalue weighted by Crippen LogP contribution is 2.07. The highest BCUT2D eigenvalue weighted by Gasteiger charge is 2.18. The third-order valence-electron chi connectivity index (χ3n) is 2.37. The summed E-state index contributed by atoms with van der Waals surface area (Å²) in [6, 6.07) is 0. The molecule has 0 aliphatic rings. The lowest BCUT2D eigenvalue weighted by atomic mass is 10.5. The summed E-state index contributed by atoms with van der Waals surface area (Å²) < 4.78 is 27.8. The SMILES string of the molecule is Cc1nc(S(=O)(=O)NCc2cnc[nH]2)cn1C. The number of nitrogens with zero attached hydrogens (tertiary/aromatic N) is 3. The molecule has 7 nitrogen and oxygen atoms in total. The molecular formula is C9H13N5O2S. The normalized spacial score (nSPS) is 11.9. The number of imidazole rings is 2. The van der Waals surface area contributed by atoms with Crippen molar-refractivity contribution >= 4 is 10.0 Å². The van der Waals surface area contributed by atoms with E-state index in [1.165, 1.54) is 12.5 Å². The summed E-state index contributed by atoms with van der Waals surface area (Å²) in [6.07, 6.45) is 4.53. The molecule has 0 radical (unpaired) electrons. The van der Waals surface area contributed by atoms with Gasteiger partial charge in [0, 0.05) is 25.1 Å². The van der Waals surface area contributed by atoms with E-state index in [0.29, 0.717) is 11.5 Å². The second-order valence-corrected chi connectivity index (χ2v) is 5.35. The summed E-state index contributed by atoms with van der Waals surface area (Å²) in [4.78, 5) is 10.6. The van der Waals surface area contributed by atoms with Crippen LogP contribution in [0.3, 0.4) is 0 Å². The predicted molar refractivity (Wildman–Crippen MR) is 60.6 cm³/mol. The van der Waals surface area contributed by atoms with Crippen molar-refractivity contribution in [2.24, 2.45) is 7.05 Å². The molecule has 0 aliphatic carbocycles. The second kappa shape index (κ2) is 4.30. The van der Waals surface area contributed by atoms with Gasteiger partial charge in [-0.05, 0) is 6.92 Å². The van der Waals surface area contributed by atoms with Gasteiger partial charge < -0.3 is 9.55 Å². The van der Waals surface area contributed by atoms with Crippen molar-refractivity contribution in [2.45, 2.75) is 18.5 Å². The highest BCUT2D eigenvalue weighted by atomic mass is 32.2. The Morgan fingerprint density at radius 2 is 2.29 bits per heavy atom. The van der Waals surface area contributed by atoms with E-state index in [2.05, 4.69) is 19.7 Å². The van der Waals surface area contributed by atoms with Crippen molar-refractivity contribution in [3.8, 4) is 0 Å². The number of aryl methyl sites for hydroxylation is 2. The molecule has 8 heteroatoms. The maximum absolute atomic E-state index is 11.9. The number of hydrogen-bond donors (Lipinski definition) is 2. The lowest BCUT2D eigenvalue weighted by Crippen LogP contribution is -2.23. The van der Waals surface area contributed by atoms with Gasteiger partial charge in [0.15, 0.2) is 5.03 Å². The molecule has 0 atom stereocenters. The molecule has 2 aromatic rings. The van der Waals surface area contributed by atoms with E-state index < -0.39 is 10.0 Å². The van der Waals surface area contributed by atoms with Crippen LogP contribution in [0, 0.1) is 6.92 Å². The van der Waals surface area contributed by atoms with Crippen molar-refractivity contribution in [1.82, 2.24) is 24.2 Å². The average molecular weight is 255 g/mol. The Labute approximate surface area is 99.0 Å². The molecule has 92 valence electrons. The fourth-order valence-corrected chi connectivity index (χ4v) is 2.33. The van der Waals surface area contributed by atoms with Crippen molar-refractivity contribution in [3.63, 3.8) is 0 Å². The first-order chi connectivity index (χ1) is 7.99. The van der Waals surface area contributed by atoms with Crippen LogP contribution in [-0.4, -0.2) is 27.9 Å². The largest absolute Gasteiger partial charge is 0.347 e. The number of sulfonamides is 1. The first-order valence-corrected chi connectivity index (χ1v) is 6.44. The zero-order valence-corrected chi connectivity index (χ0v) is 10.3. The van der Waals surface area contributed by atoms with Crippen LogP contribution in [0.4, 0.5) is 0 Å². The molecular weight excluding hydrogens is 242 g/mol. The molecule has 0 bridgehead atoms. The predicted octanol–water partition coefficient (Wildman–Crippen LogP) is -0.0699. The van der Waals surface area contributed by atoms with Gasteiger partial charge in [-0.3, -0.25) is 0 Å². The smallest absolute Gasteiger partial charge is 0.259 e. The van der Waals surface area contributed by atoms with Crippen molar-refractivity contribution < 1.29 is 8.42 Å². The number of H-pyrrole nitrogens is 1. The highest BCUT2D eigenvalue weighted by molar-refractivity contribution is 7.89. The van der Waals surface area contributed by atoms with Gasteiger partial charge >= 0.3 is 0 Å². The first-order valence-electron chi connectivity index (χ1n) is 4.96. The summed E-state index contributed by atoms with van der Waals surface area (Å²) in [5.41, 5.74) is 0.696. The molecule has 0 fully saturated rings. The van der Waals surface area contributed by atoms with Gasteiger partial charge in [-0.15, -0.1) is 0 Å². The maximum atomic E-state index is 11.9. The van der Waals surface area contributed by atoms with Crippen LogP contribution in [0.25, 0.3) is 0 Å². The standard InChI is InChI=1S/C9H13N5O2S/c1-7-13-9(5-14(7)2)17(15,16)12-4-8-3-10-6-11-8/h3,5-6,12H,4H2,1-2H3,(H,10,11). The Hall–Kier alpha value is -1.67. The summed E-state index contributed by atoms with van der Waals surface area (Å²) in [7, 11) is -1.82. The zero-order valence-electron chi connectivity index (χ0n) is 9.51. The van der Waals surface area contributed by atoms with Crippen molar-refractivity contribution in [1.29, 1.82) is 0 Å². The van der Waals surface area contributed by atoms with E-state index in [4.69, 9.17) is 0 Å². The molecule has 0 unspecified atom stereocenters. The van der Waals surface area contributed by atoms with Crippen LogP contribution in [0.5, 0.6) is 0 Å². The molecule has 0 aliphatic heterocycles. The van der Waals surface area contributed by atoms with Crippen LogP contribution in [0.2, 0.25) is 0 Å². The molecule has 0 saturated heterocycles. The molecule has 2 aromatic heterocycles. The van der Waals surface area contributed by atoms with E-state index in [1.807, 2.05) is 0 Å².